The average Bonchev–Trinajstić information content (AvgIpc) is 3.53. The fourth-order valence-electron chi connectivity index (χ4n) is 5.32. The number of aryl methyl sites for hydroxylation is 1. The van der Waals surface area contributed by atoms with Crippen LogP contribution in [0.2, 0.25) is 5.02 Å². The molecule has 1 saturated carbocycles. The van der Waals surface area contributed by atoms with Crippen LogP contribution in [-0.4, -0.2) is 49.3 Å². The Bertz CT molecular complexity index is 1270. The summed E-state index contributed by atoms with van der Waals surface area (Å²) in [6.45, 7) is 5.99. The molecule has 1 aliphatic carbocycles. The summed E-state index contributed by atoms with van der Waals surface area (Å²) in [5, 5.41) is 19.7. The standard InChI is InChI=1S/C25H27ClN8/c1-17-11-28-12-22(29-17)33-8-4-18(5-9-33)24-31-30-23-14-32(16-25(15-27)6-7-25)13-19-10-20(26)2-3-21(19)34(23)24/h2-3,10-12,18H,4-9,13-14,16H2,1H3. The molecule has 1 saturated heterocycles. The zero-order valence-corrected chi connectivity index (χ0v) is 20.0. The Hall–Kier alpha value is -3.02. The molecule has 4 heterocycles. The van der Waals surface area contributed by atoms with Gasteiger partial charge in [-0.3, -0.25) is 14.5 Å². The molecule has 3 aromatic rings. The summed E-state index contributed by atoms with van der Waals surface area (Å²) in [6.07, 6.45) is 7.56. The molecule has 2 aliphatic heterocycles. The third kappa shape index (κ3) is 3.93. The predicted octanol–water partition coefficient (Wildman–Crippen LogP) is 4.02. The van der Waals surface area contributed by atoms with Crippen LogP contribution >= 0.6 is 11.6 Å². The lowest BCUT2D eigenvalue weighted by molar-refractivity contribution is 0.223. The zero-order chi connectivity index (χ0) is 23.3. The topological polar surface area (TPSA) is 86.8 Å². The van der Waals surface area contributed by atoms with Crippen LogP contribution in [0.3, 0.4) is 0 Å². The molecule has 0 bridgehead atoms. The summed E-state index contributed by atoms with van der Waals surface area (Å²) in [5.41, 5.74) is 3.00. The van der Waals surface area contributed by atoms with E-state index < -0.39 is 0 Å². The molecule has 9 heteroatoms. The molecule has 34 heavy (non-hydrogen) atoms. The van der Waals surface area contributed by atoms with Crippen molar-refractivity contribution in [2.45, 2.75) is 51.6 Å². The minimum absolute atomic E-state index is 0.206. The van der Waals surface area contributed by atoms with Gasteiger partial charge in [0.05, 0.1) is 35.6 Å². The Labute approximate surface area is 204 Å². The number of nitrogens with zero attached hydrogens (tertiary/aromatic N) is 8. The molecule has 2 fully saturated rings. The van der Waals surface area contributed by atoms with Crippen molar-refractivity contribution in [3.63, 3.8) is 0 Å². The van der Waals surface area contributed by atoms with Crippen molar-refractivity contribution in [2.75, 3.05) is 24.5 Å². The van der Waals surface area contributed by atoms with Crippen LogP contribution in [0.25, 0.3) is 5.69 Å². The van der Waals surface area contributed by atoms with Crippen molar-refractivity contribution in [2.24, 2.45) is 5.41 Å². The summed E-state index contributed by atoms with van der Waals surface area (Å²) >= 11 is 6.40. The maximum atomic E-state index is 9.64. The first kappa shape index (κ1) is 21.5. The van der Waals surface area contributed by atoms with Gasteiger partial charge >= 0.3 is 0 Å². The molecule has 1 aromatic carbocycles. The highest BCUT2D eigenvalue weighted by Gasteiger charge is 2.45. The van der Waals surface area contributed by atoms with Crippen molar-refractivity contribution < 1.29 is 0 Å². The van der Waals surface area contributed by atoms with Crippen LogP contribution in [-0.2, 0) is 13.1 Å². The number of anilines is 1. The third-order valence-electron chi connectivity index (χ3n) is 7.34. The predicted molar refractivity (Wildman–Crippen MR) is 129 cm³/mol. The van der Waals surface area contributed by atoms with Gasteiger partial charge in [0.2, 0.25) is 0 Å². The van der Waals surface area contributed by atoms with Gasteiger partial charge in [-0.2, -0.15) is 5.26 Å². The SMILES string of the molecule is Cc1cncc(N2CCC(c3nnc4n3-c3ccc(Cl)cc3CN(CC3(C#N)CC3)C4)CC2)n1. The Morgan fingerprint density at radius 3 is 2.71 bits per heavy atom. The Morgan fingerprint density at radius 1 is 1.15 bits per heavy atom. The van der Waals surface area contributed by atoms with E-state index >= 15 is 0 Å². The van der Waals surface area contributed by atoms with Gasteiger partial charge < -0.3 is 4.90 Å². The highest BCUT2D eigenvalue weighted by atomic mass is 35.5. The van der Waals surface area contributed by atoms with Crippen LogP contribution in [0.5, 0.6) is 0 Å². The average molecular weight is 475 g/mol. The number of hydrogen-bond acceptors (Lipinski definition) is 7. The molecule has 0 amide bonds. The van der Waals surface area contributed by atoms with Crippen LogP contribution in [0, 0.1) is 23.7 Å². The lowest BCUT2D eigenvalue weighted by atomic mass is 9.95. The smallest absolute Gasteiger partial charge is 0.151 e. The van der Waals surface area contributed by atoms with Gasteiger partial charge in [0.1, 0.15) is 11.6 Å². The fourth-order valence-corrected chi connectivity index (χ4v) is 5.52. The van der Waals surface area contributed by atoms with Gasteiger partial charge in [0, 0.05) is 43.3 Å². The van der Waals surface area contributed by atoms with Gasteiger partial charge in [0.25, 0.3) is 0 Å². The normalized spacial score (nSPS) is 19.7. The quantitative estimate of drug-likeness (QED) is 0.564. The van der Waals surface area contributed by atoms with Crippen LogP contribution < -0.4 is 4.90 Å². The van der Waals surface area contributed by atoms with E-state index in [4.69, 9.17) is 16.7 Å². The van der Waals surface area contributed by atoms with E-state index in [-0.39, 0.29) is 5.41 Å². The summed E-state index contributed by atoms with van der Waals surface area (Å²) in [7, 11) is 0. The second-order valence-corrected chi connectivity index (χ2v) is 10.3. The molecule has 0 atom stereocenters. The number of hydrogen-bond donors (Lipinski definition) is 0. The molecule has 3 aliphatic rings. The Balaban J connectivity index is 1.29. The van der Waals surface area contributed by atoms with Crippen LogP contribution in [0.15, 0.2) is 30.6 Å². The van der Waals surface area contributed by atoms with E-state index in [0.29, 0.717) is 12.5 Å². The number of benzene rings is 1. The molecule has 0 radical (unpaired) electrons. The van der Waals surface area contributed by atoms with Crippen molar-refractivity contribution in [3.8, 4) is 11.8 Å². The second kappa shape index (κ2) is 8.33. The molecule has 0 N–H and O–H groups in total. The summed E-state index contributed by atoms with van der Waals surface area (Å²) in [5.74, 6) is 3.23. The van der Waals surface area contributed by atoms with Gasteiger partial charge in [-0.05, 0) is 56.4 Å². The minimum Gasteiger partial charge on any atom is -0.355 e. The van der Waals surface area contributed by atoms with Crippen molar-refractivity contribution in [3.05, 3.63) is 58.5 Å². The number of halogens is 1. The first-order valence-electron chi connectivity index (χ1n) is 11.9. The molecular weight excluding hydrogens is 448 g/mol. The second-order valence-electron chi connectivity index (χ2n) is 9.90. The van der Waals surface area contributed by atoms with Gasteiger partial charge in [-0.15, -0.1) is 10.2 Å². The van der Waals surface area contributed by atoms with E-state index in [0.717, 1.165) is 91.3 Å². The first-order chi connectivity index (χ1) is 16.5. The number of piperidine rings is 1. The van der Waals surface area contributed by atoms with E-state index in [1.807, 2.05) is 25.3 Å². The van der Waals surface area contributed by atoms with Gasteiger partial charge in [0.15, 0.2) is 5.82 Å². The lowest BCUT2D eigenvalue weighted by Crippen LogP contribution is -2.34. The fraction of sp³-hybridized carbons (Fsp3) is 0.480. The van der Waals surface area contributed by atoms with Gasteiger partial charge in [-0.25, -0.2) is 4.98 Å². The van der Waals surface area contributed by atoms with E-state index in [1.54, 1.807) is 6.20 Å². The highest BCUT2D eigenvalue weighted by molar-refractivity contribution is 6.30. The monoisotopic (exact) mass is 474 g/mol. The van der Waals surface area contributed by atoms with Crippen LogP contribution in [0.4, 0.5) is 5.82 Å². The molecular formula is C25H27ClN8. The maximum absolute atomic E-state index is 9.64. The van der Waals surface area contributed by atoms with E-state index in [2.05, 4.69) is 41.6 Å². The number of rotatable bonds is 4. The summed E-state index contributed by atoms with van der Waals surface area (Å²) in [6, 6.07) is 8.62. The maximum Gasteiger partial charge on any atom is 0.151 e. The summed E-state index contributed by atoms with van der Waals surface area (Å²) in [4.78, 5) is 13.6. The molecule has 0 unspecified atom stereocenters. The molecule has 2 aromatic heterocycles. The van der Waals surface area contributed by atoms with Crippen molar-refractivity contribution in [1.29, 1.82) is 5.26 Å². The molecule has 6 rings (SSSR count). The first-order valence-corrected chi connectivity index (χ1v) is 12.3. The Kier molecular flexibility index (Phi) is 5.27. The van der Waals surface area contributed by atoms with Gasteiger partial charge in [-0.1, -0.05) is 11.6 Å². The molecule has 8 nitrogen and oxygen atoms in total. The van der Waals surface area contributed by atoms with Crippen molar-refractivity contribution in [1.82, 2.24) is 29.6 Å². The molecule has 0 spiro atoms. The van der Waals surface area contributed by atoms with Crippen LogP contribution in [0.1, 0.15) is 54.5 Å². The molecule has 174 valence electrons. The Morgan fingerprint density at radius 2 is 1.97 bits per heavy atom. The zero-order valence-electron chi connectivity index (χ0n) is 19.3. The number of nitriles is 1. The minimum atomic E-state index is -0.206. The van der Waals surface area contributed by atoms with E-state index in [9.17, 15) is 5.26 Å². The largest absolute Gasteiger partial charge is 0.355 e. The summed E-state index contributed by atoms with van der Waals surface area (Å²) < 4.78 is 2.25. The highest BCUT2D eigenvalue weighted by Crippen LogP contribution is 2.46. The van der Waals surface area contributed by atoms with E-state index in [1.165, 1.54) is 0 Å². The van der Waals surface area contributed by atoms with Crippen molar-refractivity contribution >= 4 is 17.4 Å². The third-order valence-corrected chi connectivity index (χ3v) is 7.57. The number of aromatic nitrogens is 5. The lowest BCUT2D eigenvalue weighted by Gasteiger charge is -2.32. The number of fused-ring (bicyclic) bond motifs is 3.